The summed E-state index contributed by atoms with van der Waals surface area (Å²) in [4.78, 5) is 27.1. The number of nitrogens with one attached hydrogen (secondary N) is 1. The number of benzene rings is 2. The van der Waals surface area contributed by atoms with E-state index in [4.69, 9.17) is 0 Å². The van der Waals surface area contributed by atoms with Crippen LogP contribution in [0.25, 0.3) is 0 Å². The Morgan fingerprint density at radius 2 is 1.81 bits per heavy atom. The van der Waals surface area contributed by atoms with E-state index >= 15 is 0 Å². The quantitative estimate of drug-likeness (QED) is 0.496. The Bertz CT molecular complexity index is 867. The second-order valence-corrected chi connectivity index (χ2v) is 8.91. The minimum absolute atomic E-state index is 0.0674. The van der Waals surface area contributed by atoms with Crippen LogP contribution in [0, 0.1) is 19.7 Å². The Labute approximate surface area is 189 Å². The Morgan fingerprint density at radius 3 is 2.45 bits per heavy atom. The summed E-state index contributed by atoms with van der Waals surface area (Å²) in [6.07, 6.45) is 1.85. The number of hydrogen-bond donors (Lipinski definition) is 1. The van der Waals surface area contributed by atoms with Crippen molar-refractivity contribution in [2.45, 2.75) is 58.9 Å². The third-order valence-electron chi connectivity index (χ3n) is 5.07. The molecule has 2 rings (SSSR count). The molecule has 4 nitrogen and oxygen atoms in total. The molecule has 0 bridgehead atoms. The molecular weight excluding hydrogens is 411 g/mol. The Kier molecular flexibility index (Phi) is 10.0. The highest BCUT2D eigenvalue weighted by Gasteiger charge is 2.26. The fraction of sp³-hybridized carbons (Fsp3) is 0.440. The molecule has 0 radical (unpaired) electrons. The molecular formula is C25H33FN2O2S. The summed E-state index contributed by atoms with van der Waals surface area (Å²) in [6.45, 7) is 8.51. The summed E-state index contributed by atoms with van der Waals surface area (Å²) in [5, 5.41) is 2.88. The maximum Gasteiger partial charge on any atom is 0.242 e. The van der Waals surface area contributed by atoms with Crippen molar-refractivity contribution in [1.29, 1.82) is 0 Å². The standard InChI is InChI=1S/C25H33FN2O2S/c1-5-6-11-27-25(30)20(4)28(15-22-9-7-8-10-23(22)26)24(29)17-31-16-21-13-18(2)12-19(3)14-21/h7-10,12-14,20H,5-6,11,15-17H2,1-4H3,(H,27,30)/t20-/m1/s1. The predicted octanol–water partition coefficient (Wildman–Crippen LogP) is 5.01. The van der Waals surface area contributed by atoms with Crippen LogP contribution < -0.4 is 5.32 Å². The summed E-state index contributed by atoms with van der Waals surface area (Å²) in [7, 11) is 0. The highest BCUT2D eigenvalue weighted by atomic mass is 32.2. The van der Waals surface area contributed by atoms with Gasteiger partial charge in [0.1, 0.15) is 11.9 Å². The Hall–Kier alpha value is -2.34. The molecule has 2 aromatic carbocycles. The molecule has 0 aliphatic carbocycles. The minimum atomic E-state index is -0.675. The number of aryl methyl sites for hydroxylation is 2. The number of amides is 2. The van der Waals surface area contributed by atoms with Gasteiger partial charge in [-0.05, 0) is 38.8 Å². The number of carbonyl (C=O) groups excluding carboxylic acids is 2. The highest BCUT2D eigenvalue weighted by molar-refractivity contribution is 7.99. The summed E-state index contributed by atoms with van der Waals surface area (Å²) in [6, 6.07) is 12.1. The van der Waals surface area contributed by atoms with E-state index in [1.807, 2.05) is 0 Å². The van der Waals surface area contributed by atoms with Gasteiger partial charge in [0.05, 0.1) is 5.75 Å². The first-order valence-corrected chi connectivity index (χ1v) is 11.9. The lowest BCUT2D eigenvalue weighted by Gasteiger charge is -2.29. The topological polar surface area (TPSA) is 49.4 Å². The van der Waals surface area contributed by atoms with Crippen molar-refractivity contribution in [2.24, 2.45) is 0 Å². The molecule has 0 spiro atoms. The van der Waals surface area contributed by atoms with Crippen molar-refractivity contribution in [3.8, 4) is 0 Å². The molecule has 2 amide bonds. The van der Waals surface area contributed by atoms with Crippen molar-refractivity contribution in [2.75, 3.05) is 12.3 Å². The van der Waals surface area contributed by atoms with Crippen LogP contribution in [0.3, 0.4) is 0 Å². The van der Waals surface area contributed by atoms with Crippen LogP contribution in [0.4, 0.5) is 4.39 Å². The van der Waals surface area contributed by atoms with Gasteiger partial charge < -0.3 is 10.2 Å². The van der Waals surface area contributed by atoms with Gasteiger partial charge in [0.25, 0.3) is 0 Å². The van der Waals surface area contributed by atoms with Gasteiger partial charge in [-0.2, -0.15) is 0 Å². The smallest absolute Gasteiger partial charge is 0.242 e. The molecule has 6 heteroatoms. The average Bonchev–Trinajstić information content (AvgIpc) is 2.72. The third-order valence-corrected chi connectivity index (χ3v) is 6.06. The van der Waals surface area contributed by atoms with Gasteiger partial charge in [0.15, 0.2) is 0 Å². The van der Waals surface area contributed by atoms with Crippen molar-refractivity contribution < 1.29 is 14.0 Å². The largest absolute Gasteiger partial charge is 0.354 e. The summed E-state index contributed by atoms with van der Waals surface area (Å²) < 4.78 is 14.2. The fourth-order valence-corrected chi connectivity index (χ4v) is 4.27. The number of unbranched alkanes of at least 4 members (excludes halogenated alkanes) is 1. The number of hydrogen-bond acceptors (Lipinski definition) is 3. The van der Waals surface area contributed by atoms with Gasteiger partial charge in [0, 0.05) is 24.4 Å². The molecule has 2 aromatic rings. The maximum absolute atomic E-state index is 14.2. The fourth-order valence-electron chi connectivity index (χ4n) is 3.42. The zero-order chi connectivity index (χ0) is 22.8. The minimum Gasteiger partial charge on any atom is -0.354 e. The van der Waals surface area contributed by atoms with Gasteiger partial charge >= 0.3 is 0 Å². The summed E-state index contributed by atoms with van der Waals surface area (Å²) in [5.74, 6) is 0.183. The lowest BCUT2D eigenvalue weighted by atomic mass is 10.1. The van der Waals surface area contributed by atoms with Crippen LogP contribution in [-0.2, 0) is 21.9 Å². The van der Waals surface area contributed by atoms with Gasteiger partial charge in [0.2, 0.25) is 11.8 Å². The van der Waals surface area contributed by atoms with Crippen molar-refractivity contribution in [3.63, 3.8) is 0 Å². The Morgan fingerprint density at radius 1 is 1.13 bits per heavy atom. The number of nitrogens with zero attached hydrogens (tertiary/aromatic N) is 1. The zero-order valence-corrected chi connectivity index (χ0v) is 19.7. The van der Waals surface area contributed by atoms with Gasteiger partial charge in [-0.1, -0.05) is 60.9 Å². The molecule has 0 aliphatic rings. The molecule has 0 aliphatic heterocycles. The molecule has 0 aromatic heterocycles. The van der Waals surface area contributed by atoms with E-state index < -0.39 is 6.04 Å². The monoisotopic (exact) mass is 444 g/mol. The average molecular weight is 445 g/mol. The number of carbonyl (C=O) groups is 2. The number of rotatable bonds is 11. The SMILES string of the molecule is CCCCNC(=O)[C@@H](C)N(Cc1ccccc1F)C(=O)CSCc1cc(C)cc(C)c1. The Balaban J connectivity index is 2.07. The first-order chi connectivity index (χ1) is 14.8. The van der Waals surface area contributed by atoms with Gasteiger partial charge in [-0.15, -0.1) is 11.8 Å². The molecule has 168 valence electrons. The van der Waals surface area contributed by atoms with E-state index in [9.17, 15) is 14.0 Å². The molecule has 0 saturated heterocycles. The van der Waals surface area contributed by atoms with Gasteiger partial charge in [-0.3, -0.25) is 9.59 Å². The van der Waals surface area contributed by atoms with Crippen molar-refractivity contribution >= 4 is 23.6 Å². The summed E-state index contributed by atoms with van der Waals surface area (Å²) >= 11 is 1.51. The van der Waals surface area contributed by atoms with E-state index in [1.54, 1.807) is 25.1 Å². The number of thioether (sulfide) groups is 1. The van der Waals surface area contributed by atoms with E-state index in [2.05, 4.69) is 44.3 Å². The molecule has 0 fully saturated rings. The van der Waals surface area contributed by atoms with Crippen LogP contribution >= 0.6 is 11.8 Å². The van der Waals surface area contributed by atoms with Crippen LogP contribution in [0.1, 0.15) is 48.9 Å². The molecule has 0 saturated carbocycles. The molecule has 0 heterocycles. The van der Waals surface area contributed by atoms with E-state index in [0.717, 1.165) is 12.8 Å². The normalized spacial score (nSPS) is 11.8. The summed E-state index contributed by atoms with van der Waals surface area (Å²) in [5.41, 5.74) is 3.96. The van der Waals surface area contributed by atoms with E-state index in [1.165, 1.54) is 39.4 Å². The van der Waals surface area contributed by atoms with E-state index in [-0.39, 0.29) is 29.9 Å². The third kappa shape index (κ3) is 8.02. The van der Waals surface area contributed by atoms with Crippen LogP contribution in [0.2, 0.25) is 0 Å². The van der Waals surface area contributed by atoms with Crippen LogP contribution in [0.5, 0.6) is 0 Å². The number of halogens is 1. The van der Waals surface area contributed by atoms with Crippen molar-refractivity contribution in [1.82, 2.24) is 10.2 Å². The van der Waals surface area contributed by atoms with Crippen molar-refractivity contribution in [3.05, 3.63) is 70.5 Å². The first kappa shape index (κ1) is 24.9. The van der Waals surface area contributed by atoms with E-state index in [0.29, 0.717) is 17.9 Å². The molecule has 31 heavy (non-hydrogen) atoms. The first-order valence-electron chi connectivity index (χ1n) is 10.8. The van der Waals surface area contributed by atoms with Crippen LogP contribution in [-0.4, -0.2) is 35.1 Å². The molecule has 0 unspecified atom stereocenters. The van der Waals surface area contributed by atoms with Gasteiger partial charge in [-0.25, -0.2) is 4.39 Å². The lowest BCUT2D eigenvalue weighted by Crippen LogP contribution is -2.48. The predicted molar refractivity (Wildman–Crippen MR) is 126 cm³/mol. The highest BCUT2D eigenvalue weighted by Crippen LogP contribution is 2.19. The second kappa shape index (κ2) is 12.5. The second-order valence-electron chi connectivity index (χ2n) is 7.92. The lowest BCUT2D eigenvalue weighted by molar-refractivity contribution is -0.138. The molecule has 1 N–H and O–H groups in total. The molecule has 1 atom stereocenters. The maximum atomic E-state index is 14.2. The zero-order valence-electron chi connectivity index (χ0n) is 18.9. The van der Waals surface area contributed by atoms with Crippen LogP contribution in [0.15, 0.2) is 42.5 Å².